The van der Waals surface area contributed by atoms with Crippen LogP contribution in [0.1, 0.15) is 49.4 Å². The molecule has 0 aliphatic heterocycles. The number of nitrogens with zero attached hydrogens (tertiary/aromatic N) is 4. The Hall–Kier alpha value is -4.01. The number of halogens is 4. The van der Waals surface area contributed by atoms with Gasteiger partial charge in [-0.1, -0.05) is 6.92 Å². The molecule has 3 aromatic rings. The monoisotopic (exact) mass is 598 g/mol. The number of nitrogens with one attached hydrogen (secondary N) is 2. The summed E-state index contributed by atoms with van der Waals surface area (Å²) in [6.45, 7) is 9.09. The van der Waals surface area contributed by atoms with Crippen LogP contribution in [0.25, 0.3) is 0 Å². The average molecular weight is 599 g/mol. The third-order valence-corrected chi connectivity index (χ3v) is 6.13. The molecule has 1 aromatic carbocycles. The Kier molecular flexibility index (Phi) is 9.73. The van der Waals surface area contributed by atoms with E-state index in [1.807, 2.05) is 6.92 Å². The van der Waals surface area contributed by atoms with Crippen LogP contribution in [0.5, 0.6) is 5.75 Å². The van der Waals surface area contributed by atoms with Crippen LogP contribution in [-0.4, -0.2) is 57.0 Å². The Morgan fingerprint density at radius 2 is 1.85 bits per heavy atom. The molecule has 0 radical (unpaired) electrons. The number of aromatic nitrogens is 3. The van der Waals surface area contributed by atoms with E-state index in [0.717, 1.165) is 23.8 Å². The third kappa shape index (κ3) is 8.99. The summed E-state index contributed by atoms with van der Waals surface area (Å²) in [6, 6.07) is 3.81. The molecule has 0 fully saturated rings. The van der Waals surface area contributed by atoms with Crippen molar-refractivity contribution in [1.29, 1.82) is 0 Å². The van der Waals surface area contributed by atoms with E-state index in [-0.39, 0.29) is 40.3 Å². The van der Waals surface area contributed by atoms with Crippen LogP contribution in [0.15, 0.2) is 30.6 Å². The van der Waals surface area contributed by atoms with Crippen molar-refractivity contribution in [2.75, 3.05) is 30.8 Å². The van der Waals surface area contributed by atoms with Gasteiger partial charge in [0.2, 0.25) is 0 Å². The van der Waals surface area contributed by atoms with Gasteiger partial charge in [0, 0.05) is 31.3 Å². The first-order chi connectivity index (χ1) is 19.0. The van der Waals surface area contributed by atoms with Crippen molar-refractivity contribution in [1.82, 2.24) is 19.2 Å². The minimum Gasteiger partial charge on any atom is -0.490 e. The maximum atomic E-state index is 14.5. The van der Waals surface area contributed by atoms with Gasteiger partial charge in [0.1, 0.15) is 16.4 Å². The molecule has 0 saturated heterocycles. The van der Waals surface area contributed by atoms with E-state index in [0.29, 0.717) is 18.4 Å². The highest BCUT2D eigenvalue weighted by atomic mass is 32.1. The SMILES string of the molecule is Cc1nsc(Nc2cnc(C(F)(F)F)cn2)c1C(=O)Nc1ccc(F)c(OCC(C)CN(C)C(=O)OC(C)(C)C)c1. The second-order valence-electron chi connectivity index (χ2n) is 10.3. The summed E-state index contributed by atoms with van der Waals surface area (Å²) in [5.74, 6) is -1.53. The minimum absolute atomic E-state index is 0.0143. The van der Waals surface area contributed by atoms with Crippen LogP contribution in [0.4, 0.5) is 38.9 Å². The van der Waals surface area contributed by atoms with Gasteiger partial charge in [-0.2, -0.15) is 17.5 Å². The Bertz CT molecular complexity index is 1380. The van der Waals surface area contributed by atoms with Crippen molar-refractivity contribution in [2.45, 2.75) is 46.4 Å². The summed E-state index contributed by atoms with van der Waals surface area (Å²) in [5.41, 5.74) is -1.07. The fourth-order valence-corrected chi connectivity index (χ4v) is 4.23. The van der Waals surface area contributed by atoms with E-state index >= 15 is 0 Å². The molecule has 10 nitrogen and oxygen atoms in total. The second kappa shape index (κ2) is 12.7. The number of anilines is 3. The van der Waals surface area contributed by atoms with Gasteiger partial charge in [-0.3, -0.25) is 4.79 Å². The topological polar surface area (TPSA) is 119 Å². The van der Waals surface area contributed by atoms with Gasteiger partial charge in [0.25, 0.3) is 5.91 Å². The van der Waals surface area contributed by atoms with Crippen molar-refractivity contribution in [2.24, 2.45) is 5.92 Å². The molecular formula is C26H30F4N6O4S. The predicted octanol–water partition coefficient (Wildman–Crippen LogP) is 6.28. The van der Waals surface area contributed by atoms with Crippen molar-refractivity contribution >= 4 is 40.0 Å². The first-order valence-corrected chi connectivity index (χ1v) is 13.1. The average Bonchev–Trinajstić information content (AvgIpc) is 3.22. The summed E-state index contributed by atoms with van der Waals surface area (Å²) >= 11 is 0.913. The van der Waals surface area contributed by atoms with E-state index in [1.165, 1.54) is 17.0 Å². The molecule has 41 heavy (non-hydrogen) atoms. The smallest absolute Gasteiger partial charge is 0.434 e. The van der Waals surface area contributed by atoms with Crippen molar-refractivity contribution in [3.63, 3.8) is 0 Å². The normalized spacial score (nSPS) is 12.4. The lowest BCUT2D eigenvalue weighted by molar-refractivity contribution is -0.141. The highest BCUT2D eigenvalue weighted by Crippen LogP contribution is 2.31. The molecule has 1 unspecified atom stereocenters. The molecule has 2 amide bonds. The number of alkyl halides is 3. The molecule has 2 heterocycles. The summed E-state index contributed by atoms with van der Waals surface area (Å²) in [6.07, 6.45) is -3.65. The fraction of sp³-hybridized carbons (Fsp3) is 0.423. The van der Waals surface area contributed by atoms with Crippen molar-refractivity contribution in [3.05, 3.63) is 53.4 Å². The number of hydrogen-bond acceptors (Lipinski definition) is 9. The van der Waals surface area contributed by atoms with Crippen LogP contribution >= 0.6 is 11.5 Å². The number of benzene rings is 1. The molecule has 1 atom stereocenters. The van der Waals surface area contributed by atoms with Crippen LogP contribution in [-0.2, 0) is 10.9 Å². The zero-order chi connectivity index (χ0) is 30.5. The first kappa shape index (κ1) is 31.5. The molecule has 15 heteroatoms. The standard InChI is InChI=1S/C26H30F4N6O4S/c1-14(12-36(6)24(38)40-25(3,4)5)13-39-18-9-16(7-8-17(18)27)33-22(37)21-15(2)35-41-23(21)34-20-11-31-19(10-32-20)26(28,29)30/h7-11,14H,12-13H2,1-6H3,(H,32,34)(H,33,37). The number of amides is 2. The lowest BCUT2D eigenvalue weighted by Crippen LogP contribution is -2.37. The van der Waals surface area contributed by atoms with Gasteiger partial charge in [0.05, 0.1) is 30.3 Å². The van der Waals surface area contributed by atoms with Crippen LogP contribution < -0.4 is 15.4 Å². The maximum Gasteiger partial charge on any atom is 0.434 e. The lowest BCUT2D eigenvalue weighted by atomic mass is 10.2. The zero-order valence-electron chi connectivity index (χ0n) is 23.2. The number of hydrogen-bond donors (Lipinski definition) is 2. The molecule has 3 rings (SSSR count). The van der Waals surface area contributed by atoms with E-state index in [1.54, 1.807) is 34.7 Å². The quantitative estimate of drug-likeness (QED) is 0.277. The Morgan fingerprint density at radius 3 is 2.46 bits per heavy atom. The number of aryl methyl sites for hydroxylation is 1. The van der Waals surface area contributed by atoms with E-state index in [4.69, 9.17) is 9.47 Å². The van der Waals surface area contributed by atoms with E-state index in [2.05, 4.69) is 25.0 Å². The fourth-order valence-electron chi connectivity index (χ4n) is 3.43. The highest BCUT2D eigenvalue weighted by molar-refractivity contribution is 7.10. The molecule has 0 spiro atoms. The summed E-state index contributed by atoms with van der Waals surface area (Å²) < 4.78 is 67.8. The van der Waals surface area contributed by atoms with Gasteiger partial charge in [-0.25, -0.2) is 19.2 Å². The molecular weight excluding hydrogens is 568 g/mol. The summed E-state index contributed by atoms with van der Waals surface area (Å²) in [5, 5.41) is 5.64. The molecule has 0 aliphatic carbocycles. The largest absolute Gasteiger partial charge is 0.490 e. The van der Waals surface area contributed by atoms with E-state index < -0.39 is 35.3 Å². The number of rotatable bonds is 9. The van der Waals surface area contributed by atoms with Crippen LogP contribution in [0.2, 0.25) is 0 Å². The second-order valence-corrected chi connectivity index (χ2v) is 11.0. The maximum absolute atomic E-state index is 14.5. The predicted molar refractivity (Wildman–Crippen MR) is 145 cm³/mol. The highest BCUT2D eigenvalue weighted by Gasteiger charge is 2.33. The molecule has 0 saturated carbocycles. The molecule has 0 bridgehead atoms. The Morgan fingerprint density at radius 1 is 1.15 bits per heavy atom. The zero-order valence-corrected chi connectivity index (χ0v) is 24.0. The Balaban J connectivity index is 1.65. The van der Waals surface area contributed by atoms with Crippen LogP contribution in [0, 0.1) is 18.7 Å². The summed E-state index contributed by atoms with van der Waals surface area (Å²) in [7, 11) is 1.59. The first-order valence-electron chi connectivity index (χ1n) is 12.3. The van der Waals surface area contributed by atoms with Gasteiger partial charge in [-0.15, -0.1) is 0 Å². The van der Waals surface area contributed by atoms with Crippen molar-refractivity contribution < 1.29 is 36.6 Å². The third-order valence-electron chi connectivity index (χ3n) is 5.28. The van der Waals surface area contributed by atoms with Gasteiger partial charge in [0.15, 0.2) is 17.3 Å². The number of carbonyl (C=O) groups is 2. The summed E-state index contributed by atoms with van der Waals surface area (Å²) in [4.78, 5) is 33.7. The number of carbonyl (C=O) groups excluding carboxylic acids is 2. The van der Waals surface area contributed by atoms with Gasteiger partial charge < -0.3 is 25.0 Å². The molecule has 0 aliphatic rings. The van der Waals surface area contributed by atoms with Crippen molar-refractivity contribution in [3.8, 4) is 5.75 Å². The van der Waals surface area contributed by atoms with E-state index in [9.17, 15) is 27.2 Å². The minimum atomic E-state index is -4.64. The molecule has 2 N–H and O–H groups in total. The lowest BCUT2D eigenvalue weighted by Gasteiger charge is -2.26. The van der Waals surface area contributed by atoms with Gasteiger partial charge in [-0.05, 0) is 51.4 Å². The van der Waals surface area contributed by atoms with Gasteiger partial charge >= 0.3 is 12.3 Å². The van der Waals surface area contributed by atoms with Crippen LogP contribution in [0.3, 0.4) is 0 Å². The number of ether oxygens (including phenoxy) is 2. The Labute approximate surface area is 238 Å². The molecule has 2 aromatic heterocycles. The molecule has 222 valence electrons.